The van der Waals surface area contributed by atoms with Crippen LogP contribution in [0.3, 0.4) is 0 Å². The van der Waals surface area contributed by atoms with Gasteiger partial charge in [-0.15, -0.1) is 0 Å². The minimum absolute atomic E-state index is 0.0526. The van der Waals surface area contributed by atoms with Gasteiger partial charge in [0.25, 0.3) is 5.91 Å². The second-order valence-corrected chi connectivity index (χ2v) is 8.85. The van der Waals surface area contributed by atoms with Crippen LogP contribution < -0.4 is 10.1 Å². The maximum absolute atomic E-state index is 12.7. The molecule has 3 aromatic carbocycles. The van der Waals surface area contributed by atoms with Crippen LogP contribution in [0.2, 0.25) is 5.02 Å². The summed E-state index contributed by atoms with van der Waals surface area (Å²) in [6, 6.07) is 20.4. The topological polar surface area (TPSA) is 62.1 Å². The van der Waals surface area contributed by atoms with E-state index < -0.39 is 5.91 Å². The molecule has 0 aliphatic rings. The Hall–Kier alpha value is -2.59. The highest BCUT2D eigenvalue weighted by Gasteiger charge is 2.13. The van der Waals surface area contributed by atoms with E-state index in [0.29, 0.717) is 28.6 Å². The van der Waals surface area contributed by atoms with E-state index in [4.69, 9.17) is 16.3 Å². The quantitative estimate of drug-likeness (QED) is 0.254. The molecule has 0 heterocycles. The van der Waals surface area contributed by atoms with E-state index in [9.17, 15) is 10.1 Å². The largest absolute Gasteiger partial charge is 0.488 e. The van der Waals surface area contributed by atoms with Gasteiger partial charge >= 0.3 is 0 Å². The van der Waals surface area contributed by atoms with E-state index in [-0.39, 0.29) is 5.57 Å². The van der Waals surface area contributed by atoms with Crippen molar-refractivity contribution in [3.63, 3.8) is 0 Å². The van der Waals surface area contributed by atoms with Crippen molar-refractivity contribution in [1.82, 2.24) is 0 Å². The first-order valence-corrected chi connectivity index (χ1v) is 11.2. The lowest BCUT2D eigenvalue weighted by molar-refractivity contribution is -0.112. The van der Waals surface area contributed by atoms with Crippen LogP contribution in [-0.2, 0) is 11.4 Å². The second-order valence-electron chi connectivity index (χ2n) is 6.65. The monoisotopic (exact) mass is 558 g/mol. The van der Waals surface area contributed by atoms with Crippen LogP contribution in [0.4, 0.5) is 5.69 Å². The van der Waals surface area contributed by atoms with Gasteiger partial charge in [0.15, 0.2) is 0 Å². The zero-order valence-electron chi connectivity index (χ0n) is 16.5. The number of nitrogens with one attached hydrogen (secondary N) is 1. The maximum Gasteiger partial charge on any atom is 0.266 e. The molecule has 31 heavy (non-hydrogen) atoms. The third-order valence-electron chi connectivity index (χ3n) is 4.43. The van der Waals surface area contributed by atoms with Crippen molar-refractivity contribution in [2.45, 2.75) is 13.5 Å². The fourth-order valence-corrected chi connectivity index (χ4v) is 3.71. The summed E-state index contributed by atoms with van der Waals surface area (Å²) in [5.74, 6) is 0.0306. The summed E-state index contributed by atoms with van der Waals surface area (Å²) in [5.41, 5.74) is 2.93. The molecular weight excluding hydrogens is 544 g/mol. The standard InChI is InChI=1S/C24H17Br2ClN2O2/c1-15-6-8-20(27)12-22(15)29-24(30)18(13-28)10-17-11-19(25)7-9-23(17)31-14-16-4-2-3-5-21(16)26/h2-12H,14H2,1H3,(H,29,30)/b18-10+. The van der Waals surface area contributed by atoms with E-state index >= 15 is 0 Å². The molecule has 1 N–H and O–H groups in total. The van der Waals surface area contributed by atoms with Gasteiger partial charge in [-0.3, -0.25) is 4.79 Å². The molecule has 3 aromatic rings. The van der Waals surface area contributed by atoms with Gasteiger partial charge in [0.05, 0.1) is 0 Å². The van der Waals surface area contributed by atoms with E-state index in [1.807, 2.05) is 43.3 Å². The number of amides is 1. The normalized spacial score (nSPS) is 11.0. The van der Waals surface area contributed by atoms with Gasteiger partial charge < -0.3 is 10.1 Å². The smallest absolute Gasteiger partial charge is 0.266 e. The van der Waals surface area contributed by atoms with Crippen LogP contribution in [0.5, 0.6) is 5.75 Å². The van der Waals surface area contributed by atoms with Gasteiger partial charge in [0.1, 0.15) is 24.0 Å². The molecule has 0 unspecified atom stereocenters. The molecule has 1 amide bonds. The van der Waals surface area contributed by atoms with Crippen molar-refractivity contribution in [3.05, 3.63) is 96.9 Å². The van der Waals surface area contributed by atoms with Crippen molar-refractivity contribution in [2.24, 2.45) is 0 Å². The second kappa shape index (κ2) is 10.6. The van der Waals surface area contributed by atoms with E-state index in [0.717, 1.165) is 20.1 Å². The van der Waals surface area contributed by atoms with Crippen molar-refractivity contribution in [2.75, 3.05) is 5.32 Å². The Morgan fingerprint density at radius 1 is 1.16 bits per heavy atom. The average molecular weight is 561 g/mol. The Morgan fingerprint density at radius 2 is 1.94 bits per heavy atom. The van der Waals surface area contributed by atoms with Crippen LogP contribution in [-0.4, -0.2) is 5.91 Å². The third kappa shape index (κ3) is 6.20. The maximum atomic E-state index is 12.7. The van der Waals surface area contributed by atoms with E-state index in [1.165, 1.54) is 6.08 Å². The van der Waals surface area contributed by atoms with E-state index in [1.54, 1.807) is 30.3 Å². The molecule has 0 aliphatic heterocycles. The zero-order chi connectivity index (χ0) is 22.4. The minimum atomic E-state index is -0.524. The summed E-state index contributed by atoms with van der Waals surface area (Å²) in [6.07, 6.45) is 1.51. The number of ether oxygens (including phenoxy) is 1. The van der Waals surface area contributed by atoms with Gasteiger partial charge in [-0.25, -0.2) is 0 Å². The molecule has 156 valence electrons. The first-order chi connectivity index (χ1) is 14.9. The van der Waals surface area contributed by atoms with Crippen molar-refractivity contribution in [1.29, 1.82) is 5.26 Å². The highest BCUT2D eigenvalue weighted by molar-refractivity contribution is 9.10. The number of carbonyl (C=O) groups is 1. The highest BCUT2D eigenvalue weighted by atomic mass is 79.9. The number of hydrogen-bond donors (Lipinski definition) is 1. The van der Waals surface area contributed by atoms with Crippen molar-refractivity contribution in [3.8, 4) is 11.8 Å². The molecule has 0 saturated carbocycles. The summed E-state index contributed by atoms with van der Waals surface area (Å²) < 4.78 is 7.73. The summed E-state index contributed by atoms with van der Waals surface area (Å²) in [7, 11) is 0. The molecule has 0 radical (unpaired) electrons. The molecule has 0 atom stereocenters. The first-order valence-electron chi connectivity index (χ1n) is 9.22. The predicted octanol–water partition coefficient (Wildman–Crippen LogP) is 7.30. The summed E-state index contributed by atoms with van der Waals surface area (Å²) in [6.45, 7) is 2.18. The molecule has 3 rings (SSSR count). The van der Waals surface area contributed by atoms with Gasteiger partial charge in [-0.05, 0) is 55.0 Å². The van der Waals surface area contributed by atoms with Gasteiger partial charge in [0, 0.05) is 30.8 Å². The lowest BCUT2D eigenvalue weighted by Crippen LogP contribution is -2.14. The zero-order valence-corrected chi connectivity index (χ0v) is 20.4. The Balaban J connectivity index is 1.86. The molecule has 0 aliphatic carbocycles. The molecule has 7 heteroatoms. The molecule has 0 fully saturated rings. The SMILES string of the molecule is Cc1ccc(Cl)cc1NC(=O)/C(C#N)=C/c1cc(Br)ccc1OCc1ccccc1Br. The third-order valence-corrected chi connectivity index (χ3v) is 5.93. The minimum Gasteiger partial charge on any atom is -0.488 e. The lowest BCUT2D eigenvalue weighted by Gasteiger charge is -2.12. The van der Waals surface area contributed by atoms with Gasteiger partial charge in [-0.1, -0.05) is 67.7 Å². The molecule has 0 aromatic heterocycles. The lowest BCUT2D eigenvalue weighted by atomic mass is 10.1. The molecule has 4 nitrogen and oxygen atoms in total. The Kier molecular flexibility index (Phi) is 7.91. The Morgan fingerprint density at radius 3 is 2.68 bits per heavy atom. The molecule has 0 saturated heterocycles. The highest BCUT2D eigenvalue weighted by Crippen LogP contribution is 2.28. The number of rotatable bonds is 6. The van der Waals surface area contributed by atoms with Crippen LogP contribution in [0, 0.1) is 18.3 Å². The van der Waals surface area contributed by atoms with Crippen molar-refractivity contribution < 1.29 is 9.53 Å². The van der Waals surface area contributed by atoms with Crippen LogP contribution in [0.15, 0.2) is 75.2 Å². The number of nitrogens with zero attached hydrogens (tertiary/aromatic N) is 1. The average Bonchev–Trinajstić information content (AvgIpc) is 2.75. The van der Waals surface area contributed by atoms with Gasteiger partial charge in [0.2, 0.25) is 0 Å². The van der Waals surface area contributed by atoms with Crippen LogP contribution in [0.1, 0.15) is 16.7 Å². The number of carbonyl (C=O) groups excluding carboxylic acids is 1. The number of hydrogen-bond acceptors (Lipinski definition) is 3. The Labute approximate surface area is 202 Å². The van der Waals surface area contributed by atoms with Crippen LogP contribution in [0.25, 0.3) is 6.08 Å². The number of anilines is 1. The summed E-state index contributed by atoms with van der Waals surface area (Å²) >= 11 is 13.0. The summed E-state index contributed by atoms with van der Waals surface area (Å²) in [4.78, 5) is 12.7. The fraction of sp³-hybridized carbons (Fsp3) is 0.0833. The fourth-order valence-electron chi connectivity index (χ4n) is 2.76. The molecule has 0 bridgehead atoms. The first kappa shape index (κ1) is 23.1. The Bertz CT molecular complexity index is 1200. The van der Waals surface area contributed by atoms with E-state index in [2.05, 4.69) is 37.2 Å². The summed E-state index contributed by atoms with van der Waals surface area (Å²) in [5, 5.41) is 12.8. The number of halogens is 3. The van der Waals surface area contributed by atoms with Crippen molar-refractivity contribution >= 4 is 61.1 Å². The number of benzene rings is 3. The molecular formula is C24H17Br2ClN2O2. The number of nitriles is 1. The van der Waals surface area contributed by atoms with Gasteiger partial charge in [-0.2, -0.15) is 5.26 Å². The predicted molar refractivity (Wildman–Crippen MR) is 131 cm³/mol. The molecule has 0 spiro atoms. The number of aryl methyl sites for hydroxylation is 1. The van der Waals surface area contributed by atoms with Crippen LogP contribution >= 0.6 is 43.5 Å².